The van der Waals surface area contributed by atoms with Crippen molar-refractivity contribution in [1.82, 2.24) is 9.80 Å². The molecule has 1 aromatic rings. The molecule has 4 nitrogen and oxygen atoms in total. The van der Waals surface area contributed by atoms with Gasteiger partial charge in [-0.3, -0.25) is 0 Å². The van der Waals surface area contributed by atoms with Gasteiger partial charge in [0, 0.05) is 17.5 Å². The first kappa shape index (κ1) is 17.2. The molecule has 2 saturated heterocycles. The highest BCUT2D eigenvalue weighted by Gasteiger charge is 2.51. The van der Waals surface area contributed by atoms with Crippen molar-refractivity contribution in [1.29, 1.82) is 0 Å². The van der Waals surface area contributed by atoms with Crippen LogP contribution in [0.25, 0.3) is 0 Å². The van der Waals surface area contributed by atoms with Gasteiger partial charge in [0.05, 0.1) is 14.2 Å². The third kappa shape index (κ3) is 2.83. The number of nitrogens with zero attached hydrogens (tertiary/aromatic N) is 2. The smallest absolute Gasteiger partial charge is 0.161 e. The highest BCUT2D eigenvalue weighted by molar-refractivity contribution is 5.46. The topological polar surface area (TPSA) is 24.9 Å². The van der Waals surface area contributed by atoms with E-state index in [2.05, 4.69) is 35.0 Å². The molecule has 1 aromatic carbocycles. The molecule has 1 saturated carbocycles. The minimum Gasteiger partial charge on any atom is -0.493 e. The van der Waals surface area contributed by atoms with E-state index in [0.29, 0.717) is 6.04 Å². The van der Waals surface area contributed by atoms with Crippen molar-refractivity contribution in [2.75, 3.05) is 40.9 Å². The number of likely N-dealkylation sites (N-methyl/N-ethyl adjacent to an activating group) is 1. The summed E-state index contributed by atoms with van der Waals surface area (Å²) in [6.45, 7) is 3.82. The molecule has 2 heterocycles. The summed E-state index contributed by atoms with van der Waals surface area (Å²) in [6.07, 6.45) is 7.97. The molecular weight excluding hydrogens is 312 g/mol. The Labute approximate surface area is 152 Å². The van der Waals surface area contributed by atoms with Crippen molar-refractivity contribution < 1.29 is 9.47 Å². The largest absolute Gasteiger partial charge is 0.493 e. The van der Waals surface area contributed by atoms with Crippen LogP contribution in [0.5, 0.6) is 11.5 Å². The summed E-state index contributed by atoms with van der Waals surface area (Å²) in [5.74, 6) is 1.70. The second kappa shape index (κ2) is 6.81. The van der Waals surface area contributed by atoms with E-state index in [9.17, 15) is 0 Å². The van der Waals surface area contributed by atoms with E-state index in [4.69, 9.17) is 9.47 Å². The molecule has 0 amide bonds. The fourth-order valence-corrected chi connectivity index (χ4v) is 5.68. The van der Waals surface area contributed by atoms with Gasteiger partial charge < -0.3 is 19.3 Å². The van der Waals surface area contributed by atoms with Gasteiger partial charge in [-0.05, 0) is 82.9 Å². The Balaban J connectivity index is 1.63. The second-order valence-electron chi connectivity index (χ2n) is 8.14. The molecule has 25 heavy (non-hydrogen) atoms. The molecule has 138 valence electrons. The minimum absolute atomic E-state index is 0.282. The number of hydrogen-bond acceptors (Lipinski definition) is 4. The van der Waals surface area contributed by atoms with Crippen molar-refractivity contribution >= 4 is 0 Å². The summed E-state index contributed by atoms with van der Waals surface area (Å²) >= 11 is 0. The highest BCUT2D eigenvalue weighted by atomic mass is 16.5. The van der Waals surface area contributed by atoms with E-state index in [0.717, 1.165) is 17.5 Å². The van der Waals surface area contributed by atoms with Gasteiger partial charge in [0.25, 0.3) is 0 Å². The first-order valence-electron chi connectivity index (χ1n) is 9.85. The minimum atomic E-state index is 0.282. The summed E-state index contributed by atoms with van der Waals surface area (Å²) < 4.78 is 11.0. The zero-order valence-electron chi connectivity index (χ0n) is 16.0. The van der Waals surface area contributed by atoms with Gasteiger partial charge in [-0.1, -0.05) is 6.07 Å². The molecule has 0 N–H and O–H groups in total. The number of fused-ring (bicyclic) bond motifs is 1. The molecule has 4 heteroatoms. The molecule has 3 fully saturated rings. The van der Waals surface area contributed by atoms with E-state index in [1.54, 1.807) is 14.2 Å². The predicted molar refractivity (Wildman–Crippen MR) is 101 cm³/mol. The third-order valence-electron chi connectivity index (χ3n) is 7.12. The predicted octanol–water partition coefficient (Wildman–Crippen LogP) is 3.29. The molecule has 3 aliphatic rings. The maximum Gasteiger partial charge on any atom is 0.161 e. The van der Waals surface area contributed by atoms with Gasteiger partial charge in [0.1, 0.15) is 0 Å². The number of benzene rings is 1. The fraction of sp³-hybridized carbons (Fsp3) is 0.714. The standard InChI is InChI=1S/C21H32N2O2/c1-22-13-10-21(16-6-7-18(24-2)19(14-16)25-3)9-8-17(15-20(21)22)23-11-4-5-12-23/h6-7,14,17,20H,4-5,8-13,15H2,1-3H3/t17-,20+,21+/m1/s1. The summed E-state index contributed by atoms with van der Waals surface area (Å²) in [5.41, 5.74) is 1.73. The van der Waals surface area contributed by atoms with Gasteiger partial charge in [-0.15, -0.1) is 0 Å². The quantitative estimate of drug-likeness (QED) is 0.837. The van der Waals surface area contributed by atoms with Crippen LogP contribution in [-0.4, -0.2) is 62.8 Å². The van der Waals surface area contributed by atoms with Crippen molar-refractivity contribution in [3.8, 4) is 11.5 Å². The van der Waals surface area contributed by atoms with Crippen molar-refractivity contribution in [2.45, 2.75) is 56.0 Å². The van der Waals surface area contributed by atoms with Gasteiger partial charge in [-0.25, -0.2) is 0 Å². The Kier molecular flexibility index (Phi) is 4.67. The Hall–Kier alpha value is -1.26. The first-order chi connectivity index (χ1) is 12.2. The normalized spacial score (nSPS) is 33.4. The molecule has 0 aromatic heterocycles. The summed E-state index contributed by atoms with van der Waals surface area (Å²) in [7, 11) is 5.77. The zero-order chi connectivity index (χ0) is 17.4. The second-order valence-corrected chi connectivity index (χ2v) is 8.14. The van der Waals surface area contributed by atoms with Crippen LogP contribution in [0.15, 0.2) is 18.2 Å². The first-order valence-corrected chi connectivity index (χ1v) is 9.85. The van der Waals surface area contributed by atoms with Crippen LogP contribution in [0.2, 0.25) is 0 Å². The molecule has 4 rings (SSSR count). The molecule has 2 aliphatic heterocycles. The monoisotopic (exact) mass is 344 g/mol. The SMILES string of the molecule is COc1ccc([C@@]23CC[C@@H](N4CCCC4)C[C@@H]2N(C)CC3)cc1OC. The van der Waals surface area contributed by atoms with Crippen LogP contribution in [0.1, 0.15) is 44.1 Å². The van der Waals surface area contributed by atoms with Crippen LogP contribution < -0.4 is 9.47 Å². The van der Waals surface area contributed by atoms with Gasteiger partial charge >= 0.3 is 0 Å². The van der Waals surface area contributed by atoms with Crippen molar-refractivity contribution in [3.05, 3.63) is 23.8 Å². The zero-order valence-corrected chi connectivity index (χ0v) is 16.0. The lowest BCUT2D eigenvalue weighted by Gasteiger charge is -2.47. The molecule has 0 unspecified atom stereocenters. The van der Waals surface area contributed by atoms with E-state index in [1.165, 1.54) is 63.7 Å². The highest BCUT2D eigenvalue weighted by Crippen LogP contribution is 2.50. The fourth-order valence-electron chi connectivity index (χ4n) is 5.68. The third-order valence-corrected chi connectivity index (χ3v) is 7.12. The number of hydrogen-bond donors (Lipinski definition) is 0. The van der Waals surface area contributed by atoms with E-state index < -0.39 is 0 Å². The maximum absolute atomic E-state index is 5.60. The lowest BCUT2D eigenvalue weighted by Crippen LogP contribution is -2.51. The number of likely N-dealkylation sites (tertiary alicyclic amines) is 2. The van der Waals surface area contributed by atoms with E-state index in [1.807, 2.05) is 0 Å². The van der Waals surface area contributed by atoms with Crippen molar-refractivity contribution in [3.63, 3.8) is 0 Å². The van der Waals surface area contributed by atoms with Crippen LogP contribution in [-0.2, 0) is 5.41 Å². The Morgan fingerprint density at radius 1 is 1.00 bits per heavy atom. The average Bonchev–Trinajstić information content (AvgIpc) is 3.30. The van der Waals surface area contributed by atoms with Crippen LogP contribution in [0.3, 0.4) is 0 Å². The Morgan fingerprint density at radius 2 is 1.76 bits per heavy atom. The lowest BCUT2D eigenvalue weighted by atomic mass is 9.65. The van der Waals surface area contributed by atoms with E-state index >= 15 is 0 Å². The number of ether oxygens (including phenoxy) is 2. The van der Waals surface area contributed by atoms with E-state index in [-0.39, 0.29) is 5.41 Å². The molecule has 1 aliphatic carbocycles. The van der Waals surface area contributed by atoms with Crippen molar-refractivity contribution in [2.24, 2.45) is 0 Å². The summed E-state index contributed by atoms with van der Waals surface area (Å²) in [6, 6.07) is 8.03. The summed E-state index contributed by atoms with van der Waals surface area (Å²) in [5, 5.41) is 0. The Bertz CT molecular complexity index is 614. The Morgan fingerprint density at radius 3 is 2.48 bits per heavy atom. The summed E-state index contributed by atoms with van der Waals surface area (Å²) in [4.78, 5) is 5.36. The molecule has 0 radical (unpaired) electrons. The molecular formula is C21H32N2O2. The maximum atomic E-state index is 5.60. The van der Waals surface area contributed by atoms with Gasteiger partial charge in [0.2, 0.25) is 0 Å². The lowest BCUT2D eigenvalue weighted by molar-refractivity contribution is 0.0961. The molecule has 3 atom stereocenters. The molecule has 0 bridgehead atoms. The number of rotatable bonds is 4. The van der Waals surface area contributed by atoms with Gasteiger partial charge in [-0.2, -0.15) is 0 Å². The van der Waals surface area contributed by atoms with Crippen LogP contribution >= 0.6 is 0 Å². The van der Waals surface area contributed by atoms with Gasteiger partial charge in [0.15, 0.2) is 11.5 Å². The average molecular weight is 344 g/mol. The number of methoxy groups -OCH3 is 2. The van der Waals surface area contributed by atoms with Crippen LogP contribution in [0, 0.1) is 0 Å². The van der Waals surface area contributed by atoms with Crippen LogP contribution in [0.4, 0.5) is 0 Å². The molecule has 0 spiro atoms.